The number of carbonyl (C=O) groups is 2. The fraction of sp³-hybridized carbons (Fsp3) is 0.250. The van der Waals surface area contributed by atoms with Crippen molar-refractivity contribution in [1.82, 2.24) is 5.32 Å². The fourth-order valence-electron chi connectivity index (χ4n) is 3.64. The molecule has 2 aromatic carbocycles. The average molecular weight is 418 g/mol. The van der Waals surface area contributed by atoms with Crippen molar-refractivity contribution < 1.29 is 14.7 Å². The summed E-state index contributed by atoms with van der Waals surface area (Å²) in [7, 11) is 0. The molecule has 2 aliphatic rings. The number of amidine groups is 1. The van der Waals surface area contributed by atoms with Gasteiger partial charge in [0.05, 0.1) is 0 Å². The monoisotopic (exact) mass is 417 g/mol. The van der Waals surface area contributed by atoms with E-state index in [0.29, 0.717) is 27.9 Å². The first-order valence-electron chi connectivity index (χ1n) is 8.88. The molecular formula is C20H17Cl2N3O3. The Labute approximate surface area is 171 Å². The highest BCUT2D eigenvalue weighted by Crippen LogP contribution is 2.36. The molecule has 0 aromatic heterocycles. The minimum absolute atomic E-state index is 0.0269. The maximum absolute atomic E-state index is 12.2. The van der Waals surface area contributed by atoms with Crippen LogP contribution in [0.2, 0.25) is 10.0 Å². The molecule has 2 aromatic rings. The van der Waals surface area contributed by atoms with Gasteiger partial charge in [0, 0.05) is 22.2 Å². The Balaban J connectivity index is 1.56. The molecule has 0 radical (unpaired) electrons. The second kappa shape index (κ2) is 7.45. The lowest BCUT2D eigenvalue weighted by Crippen LogP contribution is -2.34. The molecule has 8 heteroatoms. The molecule has 0 fully saturated rings. The molecule has 0 bridgehead atoms. The Morgan fingerprint density at radius 2 is 1.89 bits per heavy atom. The molecule has 0 atom stereocenters. The zero-order chi connectivity index (χ0) is 19.8. The van der Waals surface area contributed by atoms with Crippen LogP contribution < -0.4 is 10.6 Å². The Morgan fingerprint density at radius 1 is 1.18 bits per heavy atom. The Bertz CT molecular complexity index is 1010. The standard InChI is InChI=1S/C20H17Cl2N3O3/c21-15-7-11(24-20(28)19-23-9-18(27)25-19)8-16(22)14(15)6-10-4-5-17(26)13-3-1-2-12(10)13/h4-5,7-8,26H,1-3,6,9H2,(H,24,28)(H,23,25,27). The van der Waals surface area contributed by atoms with Crippen molar-refractivity contribution in [2.24, 2.45) is 4.99 Å². The van der Waals surface area contributed by atoms with Crippen LogP contribution in [0.5, 0.6) is 5.75 Å². The van der Waals surface area contributed by atoms with E-state index in [9.17, 15) is 14.7 Å². The number of fused-ring (bicyclic) bond motifs is 1. The Kier molecular flexibility index (Phi) is 5.00. The number of aromatic hydroxyl groups is 1. The van der Waals surface area contributed by atoms with Crippen LogP contribution in [-0.2, 0) is 28.9 Å². The summed E-state index contributed by atoms with van der Waals surface area (Å²) in [5.74, 6) is -0.533. The first-order chi connectivity index (χ1) is 13.4. The van der Waals surface area contributed by atoms with Crippen LogP contribution >= 0.6 is 23.2 Å². The van der Waals surface area contributed by atoms with E-state index < -0.39 is 5.91 Å². The molecule has 1 aliphatic heterocycles. The van der Waals surface area contributed by atoms with E-state index in [1.165, 1.54) is 5.56 Å². The second-order valence-corrected chi connectivity index (χ2v) is 7.63. The van der Waals surface area contributed by atoms with E-state index >= 15 is 0 Å². The van der Waals surface area contributed by atoms with Crippen molar-refractivity contribution in [3.05, 3.63) is 56.6 Å². The highest BCUT2D eigenvalue weighted by molar-refractivity contribution is 6.46. The maximum Gasteiger partial charge on any atom is 0.291 e. The molecular weight excluding hydrogens is 401 g/mol. The number of aliphatic imine (C=N–C) groups is 1. The summed E-state index contributed by atoms with van der Waals surface area (Å²) >= 11 is 12.9. The molecule has 144 valence electrons. The quantitative estimate of drug-likeness (QED) is 0.712. The number of nitrogens with zero attached hydrogens (tertiary/aromatic N) is 1. The van der Waals surface area contributed by atoms with Crippen LogP contribution in [0.3, 0.4) is 0 Å². The summed E-state index contributed by atoms with van der Waals surface area (Å²) in [6, 6.07) is 6.87. The summed E-state index contributed by atoms with van der Waals surface area (Å²) < 4.78 is 0. The van der Waals surface area contributed by atoms with Gasteiger partial charge in [0.25, 0.3) is 5.91 Å². The van der Waals surface area contributed by atoms with Gasteiger partial charge in [-0.25, -0.2) is 0 Å². The van der Waals surface area contributed by atoms with Gasteiger partial charge in [-0.15, -0.1) is 0 Å². The van der Waals surface area contributed by atoms with Crippen LogP contribution in [0, 0.1) is 0 Å². The topological polar surface area (TPSA) is 90.8 Å². The van der Waals surface area contributed by atoms with E-state index in [1.54, 1.807) is 18.2 Å². The second-order valence-electron chi connectivity index (χ2n) is 6.82. The highest BCUT2D eigenvalue weighted by Gasteiger charge is 2.22. The van der Waals surface area contributed by atoms with Crippen LogP contribution in [0.4, 0.5) is 5.69 Å². The number of carbonyl (C=O) groups excluding carboxylic acids is 2. The largest absolute Gasteiger partial charge is 0.508 e. The van der Waals surface area contributed by atoms with E-state index in [1.807, 2.05) is 6.07 Å². The Morgan fingerprint density at radius 3 is 2.57 bits per heavy atom. The van der Waals surface area contributed by atoms with Crippen molar-refractivity contribution in [2.75, 3.05) is 11.9 Å². The van der Waals surface area contributed by atoms with Gasteiger partial charge in [0.1, 0.15) is 12.3 Å². The lowest BCUT2D eigenvalue weighted by atomic mass is 9.96. The van der Waals surface area contributed by atoms with Crippen molar-refractivity contribution in [1.29, 1.82) is 0 Å². The van der Waals surface area contributed by atoms with Crippen molar-refractivity contribution in [2.45, 2.75) is 25.7 Å². The fourth-order valence-corrected chi connectivity index (χ4v) is 4.26. The number of nitrogens with one attached hydrogen (secondary N) is 2. The minimum atomic E-state index is -0.526. The molecule has 0 saturated heterocycles. The summed E-state index contributed by atoms with van der Waals surface area (Å²) in [4.78, 5) is 27.2. The first kappa shape index (κ1) is 18.8. The maximum atomic E-state index is 12.2. The number of hydrogen-bond acceptors (Lipinski definition) is 4. The van der Waals surface area contributed by atoms with Crippen LogP contribution in [0.25, 0.3) is 0 Å². The third-order valence-corrected chi connectivity index (χ3v) is 5.65. The van der Waals surface area contributed by atoms with E-state index in [-0.39, 0.29) is 18.3 Å². The number of hydrogen-bond donors (Lipinski definition) is 3. The van der Waals surface area contributed by atoms with Gasteiger partial charge < -0.3 is 15.7 Å². The van der Waals surface area contributed by atoms with E-state index in [0.717, 1.165) is 36.0 Å². The number of phenolic OH excluding ortho intramolecular Hbond substituents is 1. The number of halogens is 2. The average Bonchev–Trinajstić information content (AvgIpc) is 3.29. The van der Waals surface area contributed by atoms with Gasteiger partial charge in [0.2, 0.25) is 5.91 Å². The zero-order valence-corrected chi connectivity index (χ0v) is 16.3. The van der Waals surface area contributed by atoms with Gasteiger partial charge in [-0.1, -0.05) is 29.3 Å². The molecule has 6 nitrogen and oxygen atoms in total. The molecule has 3 N–H and O–H groups in total. The van der Waals surface area contributed by atoms with Gasteiger partial charge >= 0.3 is 0 Å². The highest BCUT2D eigenvalue weighted by atomic mass is 35.5. The van der Waals surface area contributed by atoms with Crippen LogP contribution in [0.15, 0.2) is 29.3 Å². The van der Waals surface area contributed by atoms with Crippen molar-refractivity contribution in [3.63, 3.8) is 0 Å². The number of amides is 2. The molecule has 1 heterocycles. The molecule has 28 heavy (non-hydrogen) atoms. The number of rotatable bonds is 4. The Hall–Kier alpha value is -2.57. The molecule has 0 unspecified atom stereocenters. The zero-order valence-electron chi connectivity index (χ0n) is 14.8. The number of anilines is 1. The van der Waals surface area contributed by atoms with Crippen LogP contribution in [-0.4, -0.2) is 29.3 Å². The number of phenols is 1. The van der Waals surface area contributed by atoms with Gasteiger partial charge in [-0.3, -0.25) is 14.6 Å². The van der Waals surface area contributed by atoms with E-state index in [2.05, 4.69) is 15.6 Å². The van der Waals surface area contributed by atoms with Crippen LogP contribution in [0.1, 0.15) is 28.7 Å². The summed E-state index contributed by atoms with van der Waals surface area (Å²) in [5, 5.41) is 15.9. The lowest BCUT2D eigenvalue weighted by Gasteiger charge is -2.14. The molecule has 2 amide bonds. The van der Waals surface area contributed by atoms with Gasteiger partial charge in [0.15, 0.2) is 5.84 Å². The minimum Gasteiger partial charge on any atom is -0.508 e. The van der Waals surface area contributed by atoms with E-state index in [4.69, 9.17) is 23.2 Å². The van der Waals surface area contributed by atoms with Crippen molar-refractivity contribution in [3.8, 4) is 5.75 Å². The van der Waals surface area contributed by atoms with Gasteiger partial charge in [-0.05, 0) is 59.7 Å². The number of benzene rings is 2. The molecule has 4 rings (SSSR count). The molecule has 0 saturated carbocycles. The molecule has 1 aliphatic carbocycles. The summed E-state index contributed by atoms with van der Waals surface area (Å²) in [6.07, 6.45) is 3.36. The predicted octanol–water partition coefficient (Wildman–Crippen LogP) is 3.25. The predicted molar refractivity (Wildman–Crippen MR) is 108 cm³/mol. The van der Waals surface area contributed by atoms with Crippen molar-refractivity contribution >= 4 is 46.5 Å². The third-order valence-electron chi connectivity index (χ3n) is 4.98. The van der Waals surface area contributed by atoms with Gasteiger partial charge in [-0.2, -0.15) is 0 Å². The first-order valence-corrected chi connectivity index (χ1v) is 9.64. The smallest absolute Gasteiger partial charge is 0.291 e. The summed E-state index contributed by atoms with van der Waals surface area (Å²) in [6.45, 7) is -0.0554. The summed E-state index contributed by atoms with van der Waals surface area (Å²) in [5.41, 5.74) is 4.44. The third kappa shape index (κ3) is 3.57. The normalized spacial score (nSPS) is 15.2. The molecule has 0 spiro atoms. The lowest BCUT2D eigenvalue weighted by molar-refractivity contribution is -0.118. The SMILES string of the molecule is O=C1CN=C(C(=O)Nc2cc(Cl)c(Cc3ccc(O)c4c3CCC4)c(Cl)c2)N1.